The van der Waals surface area contributed by atoms with Gasteiger partial charge in [0.25, 0.3) is 0 Å². The summed E-state index contributed by atoms with van der Waals surface area (Å²) in [5.74, 6) is 0.0950. The Hall–Kier alpha value is -3.71. The Morgan fingerprint density at radius 1 is 0.714 bits per heavy atom. The van der Waals surface area contributed by atoms with Gasteiger partial charge in [-0.2, -0.15) is 0 Å². The highest BCUT2D eigenvalue weighted by molar-refractivity contribution is 6.07. The van der Waals surface area contributed by atoms with Crippen LogP contribution < -0.4 is 10.4 Å². The Balaban J connectivity index is 0.000000542. The van der Waals surface area contributed by atoms with Crippen molar-refractivity contribution >= 4 is 29.1 Å². The second-order valence-electron chi connectivity index (χ2n) is 10.8. The number of Topliss-reactive ketones (excluding diaryl/α,β-unsaturated/α-hetero) is 1. The third-order valence-corrected chi connectivity index (χ3v) is 7.60. The lowest BCUT2D eigenvalue weighted by molar-refractivity contribution is 0.0908. The minimum absolute atomic E-state index is 0.0950. The molecule has 0 unspecified atom stereocenters. The number of rotatable bonds is 6. The summed E-state index contributed by atoms with van der Waals surface area (Å²) in [5.41, 5.74) is 6.81. The zero-order valence-corrected chi connectivity index (χ0v) is 27.2. The van der Waals surface area contributed by atoms with Crippen molar-refractivity contribution in [3.8, 4) is 0 Å². The lowest BCUT2D eigenvalue weighted by Gasteiger charge is -2.22. The largest absolute Gasteiger partial charge is 0.293 e. The fraction of sp³-hybridized carbons (Fsp3) is 0.341. The smallest absolute Gasteiger partial charge is 0.176 e. The molecule has 1 nitrogen and oxygen atoms in total. The molecule has 2 aromatic rings. The molecule has 1 heteroatoms. The molecule has 0 saturated heterocycles. The molecule has 3 aliphatic rings. The van der Waals surface area contributed by atoms with Crippen LogP contribution in [0.5, 0.6) is 0 Å². The molecule has 5 rings (SSSR count). The first-order valence-electron chi connectivity index (χ1n) is 15.9. The van der Waals surface area contributed by atoms with Crippen LogP contribution in [0, 0.1) is 5.41 Å². The number of carbonyl (C=O) groups is 1. The van der Waals surface area contributed by atoms with Gasteiger partial charge in [0.1, 0.15) is 0 Å². The van der Waals surface area contributed by atoms with Crippen molar-refractivity contribution in [2.75, 3.05) is 0 Å². The summed E-state index contributed by atoms with van der Waals surface area (Å²) in [6.07, 6.45) is 24.0. The Morgan fingerprint density at radius 2 is 1.12 bits per heavy atom. The molecule has 0 saturated carbocycles. The van der Waals surface area contributed by atoms with Gasteiger partial charge in [-0.3, -0.25) is 4.79 Å². The average molecular weight is 561 g/mol. The number of hydrogen-bond donors (Lipinski definition) is 0. The van der Waals surface area contributed by atoms with E-state index in [-0.39, 0.29) is 5.78 Å². The first-order chi connectivity index (χ1) is 20.3. The van der Waals surface area contributed by atoms with E-state index in [9.17, 15) is 4.79 Å². The molecule has 0 radical (unpaired) electrons. The Kier molecular flexibility index (Phi) is 14.2. The van der Waals surface area contributed by atoms with Crippen LogP contribution in [0.2, 0.25) is 0 Å². The van der Waals surface area contributed by atoms with E-state index >= 15 is 0 Å². The van der Waals surface area contributed by atoms with E-state index in [1.165, 1.54) is 47.2 Å². The van der Waals surface area contributed by atoms with Gasteiger partial charge in [0, 0.05) is 5.56 Å². The van der Waals surface area contributed by atoms with Crippen molar-refractivity contribution in [3.05, 3.63) is 130 Å². The maximum atomic E-state index is 13.8. The Bertz CT molecular complexity index is 1380. The molecule has 0 spiro atoms. The molecule has 222 valence electrons. The lowest BCUT2D eigenvalue weighted by Crippen LogP contribution is -2.24. The number of allylic oxidation sites excluding steroid dienone is 10. The van der Waals surface area contributed by atoms with E-state index in [1.54, 1.807) is 0 Å². The van der Waals surface area contributed by atoms with Crippen molar-refractivity contribution < 1.29 is 4.79 Å². The van der Waals surface area contributed by atoms with E-state index in [2.05, 4.69) is 89.4 Å². The number of unbranched alkanes of at least 4 members (excludes halogenated alkanes) is 2. The second-order valence-corrected chi connectivity index (χ2v) is 10.8. The van der Waals surface area contributed by atoms with Crippen LogP contribution in [0.25, 0.3) is 23.3 Å². The SMILES string of the molecule is C=CC1=CC2=CC(C)(C(=O)c3ccccc3)C=C3C=C(C=C)CC=c4ccc(c2c43)=CC1.CC.CCCC.CCCC. The van der Waals surface area contributed by atoms with Gasteiger partial charge in [0.15, 0.2) is 5.78 Å². The molecular weight excluding hydrogens is 508 g/mol. The van der Waals surface area contributed by atoms with E-state index in [4.69, 9.17) is 0 Å². The second kappa shape index (κ2) is 17.3. The molecule has 42 heavy (non-hydrogen) atoms. The molecule has 3 aliphatic carbocycles. The van der Waals surface area contributed by atoms with Crippen LogP contribution in [0.15, 0.2) is 103 Å². The summed E-state index contributed by atoms with van der Waals surface area (Å²) < 4.78 is 0. The minimum Gasteiger partial charge on any atom is -0.293 e. The topological polar surface area (TPSA) is 17.1 Å². The van der Waals surface area contributed by atoms with E-state index in [0.717, 1.165) is 40.7 Å². The first kappa shape index (κ1) is 34.5. The summed E-state index contributed by atoms with van der Waals surface area (Å²) in [7, 11) is 0. The Morgan fingerprint density at radius 3 is 1.48 bits per heavy atom. The number of carbonyl (C=O) groups excluding carboxylic acids is 1. The van der Waals surface area contributed by atoms with Crippen LogP contribution in [0.3, 0.4) is 0 Å². The van der Waals surface area contributed by atoms with Crippen molar-refractivity contribution in [3.63, 3.8) is 0 Å². The number of benzene rings is 2. The lowest BCUT2D eigenvalue weighted by atomic mass is 9.79. The zero-order chi connectivity index (χ0) is 31.1. The number of hydrogen-bond acceptors (Lipinski definition) is 1. The highest BCUT2D eigenvalue weighted by Gasteiger charge is 2.34. The van der Waals surface area contributed by atoms with Crippen LogP contribution in [-0.4, -0.2) is 5.78 Å². The molecule has 0 amide bonds. The van der Waals surface area contributed by atoms with Gasteiger partial charge in [-0.15, -0.1) is 0 Å². The third-order valence-electron chi connectivity index (χ3n) is 7.60. The van der Waals surface area contributed by atoms with Crippen molar-refractivity contribution in [1.29, 1.82) is 0 Å². The normalized spacial score (nSPS) is 15.2. The van der Waals surface area contributed by atoms with Crippen LogP contribution >= 0.6 is 0 Å². The molecule has 2 aromatic carbocycles. The Labute approximate surface area is 256 Å². The van der Waals surface area contributed by atoms with E-state index in [1.807, 2.05) is 63.3 Å². The van der Waals surface area contributed by atoms with Crippen molar-refractivity contribution in [2.45, 2.75) is 87.0 Å². The highest BCUT2D eigenvalue weighted by atomic mass is 16.1. The molecular formula is C41H52O. The van der Waals surface area contributed by atoms with E-state index in [0.29, 0.717) is 0 Å². The molecule has 0 heterocycles. The first-order valence-corrected chi connectivity index (χ1v) is 15.9. The minimum atomic E-state index is -0.792. The van der Waals surface area contributed by atoms with Gasteiger partial charge in [-0.25, -0.2) is 0 Å². The maximum absolute atomic E-state index is 13.8. The molecule has 0 fully saturated rings. The van der Waals surface area contributed by atoms with Crippen LogP contribution in [0.4, 0.5) is 0 Å². The van der Waals surface area contributed by atoms with E-state index < -0.39 is 5.41 Å². The monoisotopic (exact) mass is 560 g/mol. The molecule has 0 aliphatic heterocycles. The van der Waals surface area contributed by atoms with Gasteiger partial charge in [0.05, 0.1) is 5.41 Å². The van der Waals surface area contributed by atoms with Crippen LogP contribution in [-0.2, 0) is 0 Å². The van der Waals surface area contributed by atoms with Gasteiger partial charge in [-0.05, 0) is 63.6 Å². The zero-order valence-electron chi connectivity index (χ0n) is 27.2. The molecule has 0 atom stereocenters. The maximum Gasteiger partial charge on any atom is 0.176 e. The summed E-state index contributed by atoms with van der Waals surface area (Å²) in [6.45, 7) is 22.8. The standard InChI is InChI=1S/C31H26O.2C4H10.C2H6/c1-4-21-11-13-23-15-16-24-14-12-22(5-2)18-27-20-31(3,19-26(17-21)28(23)29(24)27)30(32)25-9-7-6-8-10-25;2*1-3-4-2;1-2/h4-10,13-20H,1-2,11-12H2,3H3;2*3-4H2,1-2H3;1-2H3. The summed E-state index contributed by atoms with van der Waals surface area (Å²) in [5, 5.41) is 2.41. The highest BCUT2D eigenvalue weighted by Crippen LogP contribution is 2.40. The third kappa shape index (κ3) is 8.41. The van der Waals surface area contributed by atoms with Crippen LogP contribution in [0.1, 0.15) is 108 Å². The molecule has 0 aromatic heterocycles. The fourth-order valence-electron chi connectivity index (χ4n) is 4.95. The summed E-state index contributed by atoms with van der Waals surface area (Å²) in [6, 6.07) is 14.0. The summed E-state index contributed by atoms with van der Waals surface area (Å²) >= 11 is 0. The average Bonchev–Trinajstić information content (AvgIpc) is 3.39. The predicted molar refractivity (Wildman–Crippen MR) is 188 cm³/mol. The molecule has 0 bridgehead atoms. The summed E-state index contributed by atoms with van der Waals surface area (Å²) in [4.78, 5) is 13.8. The van der Waals surface area contributed by atoms with Crippen molar-refractivity contribution in [2.24, 2.45) is 5.41 Å². The van der Waals surface area contributed by atoms with Gasteiger partial charge in [0.2, 0.25) is 0 Å². The van der Waals surface area contributed by atoms with Gasteiger partial charge >= 0.3 is 0 Å². The molecule has 0 N–H and O–H groups in total. The quantitative estimate of drug-likeness (QED) is 0.321. The van der Waals surface area contributed by atoms with Gasteiger partial charge in [-0.1, -0.05) is 171 Å². The van der Waals surface area contributed by atoms with Crippen molar-refractivity contribution in [1.82, 2.24) is 0 Å². The van der Waals surface area contributed by atoms with Gasteiger partial charge < -0.3 is 0 Å². The fourth-order valence-corrected chi connectivity index (χ4v) is 4.95. The number of ketones is 1. The predicted octanol–water partition coefficient (Wildman–Crippen LogP) is 10.6.